The maximum Gasteiger partial charge on any atom is 0.236 e. The number of piperidine rings is 1. The number of likely N-dealkylation sites (tertiary alicyclic amines) is 1. The molecular weight excluding hydrogens is 306 g/mol. The number of morpholine rings is 1. The van der Waals surface area contributed by atoms with Crippen molar-refractivity contribution in [3.8, 4) is 0 Å². The number of hydrogen-bond donors (Lipinski definition) is 1. The Labute approximate surface area is 143 Å². The molecule has 24 heavy (non-hydrogen) atoms. The Morgan fingerprint density at radius 2 is 2.08 bits per heavy atom. The number of nitrogens with one attached hydrogen (secondary N) is 1. The Bertz CT molecular complexity index is 574. The summed E-state index contributed by atoms with van der Waals surface area (Å²) in [6, 6.07) is 1.84. The van der Waals surface area contributed by atoms with Crippen molar-refractivity contribution in [3.05, 3.63) is 17.6 Å². The Balaban J connectivity index is 1.73. The molecule has 0 aromatic carbocycles. The standard InChI is InChI=1S/C17H27N5O2/c1-13-10-15(18-2)20-17(19-13)14-12-24-9-8-22(14)11-16(23)21-6-4-3-5-7-21/h10,14H,3-9,11-12H2,1-2H3,(H,18,19,20)/t14-/m0/s1. The van der Waals surface area contributed by atoms with Crippen molar-refractivity contribution in [1.29, 1.82) is 0 Å². The van der Waals surface area contributed by atoms with E-state index in [4.69, 9.17) is 4.74 Å². The number of anilines is 1. The number of carbonyl (C=O) groups excluding carboxylic acids is 1. The predicted molar refractivity (Wildman–Crippen MR) is 91.9 cm³/mol. The molecule has 0 radical (unpaired) electrons. The summed E-state index contributed by atoms with van der Waals surface area (Å²) in [7, 11) is 1.85. The van der Waals surface area contributed by atoms with Gasteiger partial charge >= 0.3 is 0 Å². The van der Waals surface area contributed by atoms with Gasteiger partial charge in [-0.3, -0.25) is 9.69 Å². The number of amides is 1. The van der Waals surface area contributed by atoms with Crippen LogP contribution in [-0.2, 0) is 9.53 Å². The highest BCUT2D eigenvalue weighted by atomic mass is 16.5. The van der Waals surface area contributed by atoms with E-state index in [-0.39, 0.29) is 11.9 Å². The van der Waals surface area contributed by atoms with E-state index in [0.717, 1.165) is 49.8 Å². The van der Waals surface area contributed by atoms with Gasteiger partial charge in [0.1, 0.15) is 11.6 Å². The van der Waals surface area contributed by atoms with Gasteiger partial charge in [0.05, 0.1) is 25.8 Å². The Kier molecular flexibility index (Phi) is 5.63. The molecule has 0 aliphatic carbocycles. The number of aryl methyl sites for hydroxylation is 1. The summed E-state index contributed by atoms with van der Waals surface area (Å²) in [5, 5.41) is 3.07. The Morgan fingerprint density at radius 1 is 1.29 bits per heavy atom. The second-order valence-corrected chi connectivity index (χ2v) is 6.51. The maximum atomic E-state index is 12.6. The minimum Gasteiger partial charge on any atom is -0.378 e. The quantitative estimate of drug-likeness (QED) is 0.893. The zero-order valence-corrected chi connectivity index (χ0v) is 14.6. The van der Waals surface area contributed by atoms with Crippen LogP contribution in [0.5, 0.6) is 0 Å². The molecule has 2 fully saturated rings. The van der Waals surface area contributed by atoms with Gasteiger partial charge in [0.15, 0.2) is 0 Å². The van der Waals surface area contributed by atoms with Gasteiger partial charge in [-0.1, -0.05) is 0 Å². The van der Waals surface area contributed by atoms with Gasteiger partial charge in [0.25, 0.3) is 0 Å². The van der Waals surface area contributed by atoms with Gasteiger partial charge in [-0.05, 0) is 26.2 Å². The van der Waals surface area contributed by atoms with E-state index in [0.29, 0.717) is 19.8 Å². The zero-order chi connectivity index (χ0) is 16.9. The van der Waals surface area contributed by atoms with Crippen LogP contribution in [0.25, 0.3) is 0 Å². The van der Waals surface area contributed by atoms with Crippen LogP contribution in [0.15, 0.2) is 6.07 Å². The van der Waals surface area contributed by atoms with Gasteiger partial charge < -0.3 is 15.0 Å². The van der Waals surface area contributed by atoms with Crippen LogP contribution in [0.1, 0.15) is 36.8 Å². The Morgan fingerprint density at radius 3 is 2.83 bits per heavy atom. The molecule has 1 aromatic heterocycles. The van der Waals surface area contributed by atoms with Crippen molar-refractivity contribution in [3.63, 3.8) is 0 Å². The van der Waals surface area contributed by atoms with Crippen LogP contribution >= 0.6 is 0 Å². The van der Waals surface area contributed by atoms with E-state index in [1.165, 1.54) is 6.42 Å². The zero-order valence-electron chi connectivity index (χ0n) is 14.6. The highest BCUT2D eigenvalue weighted by Crippen LogP contribution is 2.23. The number of ether oxygens (including phenoxy) is 1. The van der Waals surface area contributed by atoms with Crippen LogP contribution in [0.4, 0.5) is 5.82 Å². The van der Waals surface area contributed by atoms with Gasteiger partial charge in [-0.25, -0.2) is 9.97 Å². The van der Waals surface area contributed by atoms with Gasteiger partial charge in [0.2, 0.25) is 5.91 Å². The van der Waals surface area contributed by atoms with E-state index in [2.05, 4.69) is 20.2 Å². The fourth-order valence-electron chi connectivity index (χ4n) is 3.35. The molecule has 1 atom stereocenters. The monoisotopic (exact) mass is 333 g/mol. The molecule has 0 saturated carbocycles. The average Bonchev–Trinajstić information content (AvgIpc) is 2.62. The molecule has 1 aromatic rings. The van der Waals surface area contributed by atoms with E-state index >= 15 is 0 Å². The van der Waals surface area contributed by atoms with Crippen molar-refractivity contribution in [1.82, 2.24) is 19.8 Å². The van der Waals surface area contributed by atoms with Crippen LogP contribution in [0, 0.1) is 6.92 Å². The van der Waals surface area contributed by atoms with Crippen molar-refractivity contribution >= 4 is 11.7 Å². The van der Waals surface area contributed by atoms with E-state index in [1.807, 2.05) is 24.9 Å². The highest BCUT2D eigenvalue weighted by molar-refractivity contribution is 5.78. The predicted octanol–water partition coefficient (Wildman–Crippen LogP) is 1.21. The first-order valence-electron chi connectivity index (χ1n) is 8.80. The molecule has 132 valence electrons. The number of hydrogen-bond acceptors (Lipinski definition) is 6. The second kappa shape index (κ2) is 7.90. The highest BCUT2D eigenvalue weighted by Gasteiger charge is 2.30. The van der Waals surface area contributed by atoms with E-state index in [9.17, 15) is 4.79 Å². The number of rotatable bonds is 4. The molecule has 2 saturated heterocycles. The molecular formula is C17H27N5O2. The third-order valence-corrected chi connectivity index (χ3v) is 4.71. The summed E-state index contributed by atoms with van der Waals surface area (Å²) in [5.74, 6) is 1.74. The smallest absolute Gasteiger partial charge is 0.236 e. The summed E-state index contributed by atoms with van der Waals surface area (Å²) in [5.41, 5.74) is 0.914. The summed E-state index contributed by atoms with van der Waals surface area (Å²) in [6.45, 7) is 6.06. The first kappa shape index (κ1) is 17.1. The topological polar surface area (TPSA) is 70.6 Å². The molecule has 3 heterocycles. The number of carbonyl (C=O) groups is 1. The van der Waals surface area contributed by atoms with Crippen LogP contribution in [0.3, 0.4) is 0 Å². The van der Waals surface area contributed by atoms with Gasteiger partial charge in [-0.15, -0.1) is 0 Å². The SMILES string of the molecule is CNc1cc(C)nc([C@@H]2COCCN2CC(=O)N2CCCCC2)n1. The molecule has 2 aliphatic rings. The molecule has 3 rings (SSSR count). The number of aromatic nitrogens is 2. The number of nitrogens with zero attached hydrogens (tertiary/aromatic N) is 4. The van der Waals surface area contributed by atoms with Crippen LogP contribution in [0.2, 0.25) is 0 Å². The maximum absolute atomic E-state index is 12.6. The lowest BCUT2D eigenvalue weighted by molar-refractivity contribution is -0.135. The third-order valence-electron chi connectivity index (χ3n) is 4.71. The molecule has 1 N–H and O–H groups in total. The summed E-state index contributed by atoms with van der Waals surface area (Å²) >= 11 is 0. The molecule has 7 nitrogen and oxygen atoms in total. The lowest BCUT2D eigenvalue weighted by atomic mass is 10.1. The molecule has 1 amide bonds. The van der Waals surface area contributed by atoms with Gasteiger partial charge in [0, 0.05) is 38.4 Å². The fraction of sp³-hybridized carbons (Fsp3) is 0.706. The Hall–Kier alpha value is -1.73. The minimum atomic E-state index is -0.0699. The van der Waals surface area contributed by atoms with Crippen LogP contribution in [-0.4, -0.2) is 72.1 Å². The lowest BCUT2D eigenvalue weighted by Gasteiger charge is -2.36. The summed E-state index contributed by atoms with van der Waals surface area (Å²) in [6.07, 6.45) is 3.46. The first-order chi connectivity index (χ1) is 11.7. The normalized spacial score (nSPS) is 22.4. The first-order valence-corrected chi connectivity index (χ1v) is 8.80. The average molecular weight is 333 g/mol. The lowest BCUT2D eigenvalue weighted by Crippen LogP contribution is -2.48. The fourth-order valence-corrected chi connectivity index (χ4v) is 3.35. The van der Waals surface area contributed by atoms with Gasteiger partial charge in [-0.2, -0.15) is 0 Å². The molecule has 7 heteroatoms. The van der Waals surface area contributed by atoms with Crippen molar-refractivity contribution < 1.29 is 9.53 Å². The minimum absolute atomic E-state index is 0.0699. The molecule has 0 spiro atoms. The molecule has 2 aliphatic heterocycles. The summed E-state index contributed by atoms with van der Waals surface area (Å²) < 4.78 is 5.64. The van der Waals surface area contributed by atoms with E-state index < -0.39 is 0 Å². The van der Waals surface area contributed by atoms with Crippen molar-refractivity contribution in [2.24, 2.45) is 0 Å². The third kappa shape index (κ3) is 4.02. The van der Waals surface area contributed by atoms with Crippen LogP contribution < -0.4 is 5.32 Å². The van der Waals surface area contributed by atoms with Crippen molar-refractivity contribution in [2.75, 3.05) is 51.8 Å². The second-order valence-electron chi connectivity index (χ2n) is 6.51. The molecule has 0 unspecified atom stereocenters. The van der Waals surface area contributed by atoms with Crippen molar-refractivity contribution in [2.45, 2.75) is 32.2 Å². The largest absolute Gasteiger partial charge is 0.378 e. The summed E-state index contributed by atoms with van der Waals surface area (Å²) in [4.78, 5) is 25.9. The molecule has 0 bridgehead atoms. The van der Waals surface area contributed by atoms with E-state index in [1.54, 1.807) is 0 Å².